The first-order chi connectivity index (χ1) is 9.15. The van der Waals surface area contributed by atoms with E-state index in [1.807, 2.05) is 0 Å². The van der Waals surface area contributed by atoms with Gasteiger partial charge >= 0.3 is 0 Å². The van der Waals surface area contributed by atoms with E-state index in [2.05, 4.69) is 20.9 Å². The molecule has 2 aromatic rings. The minimum absolute atomic E-state index is 0.110. The van der Waals surface area contributed by atoms with Crippen LogP contribution in [-0.4, -0.2) is 25.0 Å². The van der Waals surface area contributed by atoms with Gasteiger partial charge in [0.05, 0.1) is 14.2 Å². The maximum absolute atomic E-state index is 12.3. The summed E-state index contributed by atoms with van der Waals surface area (Å²) in [6, 6.07) is 8.51. The molecular formula is C14H12BrNO3. The Morgan fingerprint density at radius 3 is 2.32 bits per heavy atom. The lowest BCUT2D eigenvalue weighted by Crippen LogP contribution is -2.03. The molecule has 0 amide bonds. The van der Waals surface area contributed by atoms with Gasteiger partial charge in [-0.25, -0.2) is 4.98 Å². The van der Waals surface area contributed by atoms with Crippen molar-refractivity contribution in [2.24, 2.45) is 0 Å². The minimum Gasteiger partial charge on any atom is -0.493 e. The predicted octanol–water partition coefficient (Wildman–Crippen LogP) is 3.09. The monoisotopic (exact) mass is 321 g/mol. The molecule has 0 aliphatic heterocycles. The molecule has 0 unspecified atom stereocenters. The van der Waals surface area contributed by atoms with Crippen LogP contribution in [0.2, 0.25) is 0 Å². The molecule has 0 aliphatic carbocycles. The van der Waals surface area contributed by atoms with E-state index in [9.17, 15) is 4.79 Å². The Kier molecular flexibility index (Phi) is 4.16. The third-order valence-corrected chi connectivity index (χ3v) is 3.10. The van der Waals surface area contributed by atoms with Crippen molar-refractivity contribution < 1.29 is 14.3 Å². The zero-order valence-corrected chi connectivity index (χ0v) is 12.1. The lowest BCUT2D eigenvalue weighted by Gasteiger charge is -2.09. The maximum atomic E-state index is 12.3. The number of pyridine rings is 1. The van der Waals surface area contributed by atoms with Crippen molar-refractivity contribution in [3.8, 4) is 11.5 Å². The highest BCUT2D eigenvalue weighted by molar-refractivity contribution is 9.10. The zero-order chi connectivity index (χ0) is 13.8. The summed E-state index contributed by atoms with van der Waals surface area (Å²) in [7, 11) is 3.09. The van der Waals surface area contributed by atoms with E-state index in [-0.39, 0.29) is 5.78 Å². The molecule has 0 fully saturated rings. The maximum Gasteiger partial charge on any atom is 0.194 e. The van der Waals surface area contributed by atoms with E-state index >= 15 is 0 Å². The summed E-state index contributed by atoms with van der Waals surface area (Å²) in [5.41, 5.74) is 1.05. The molecule has 0 spiro atoms. The van der Waals surface area contributed by atoms with Gasteiger partial charge in [-0.05, 0) is 46.3 Å². The molecule has 19 heavy (non-hydrogen) atoms. The van der Waals surface area contributed by atoms with Gasteiger partial charge in [-0.3, -0.25) is 4.79 Å². The molecule has 0 N–H and O–H groups in total. The van der Waals surface area contributed by atoms with Crippen molar-refractivity contribution >= 4 is 21.7 Å². The van der Waals surface area contributed by atoms with E-state index in [4.69, 9.17) is 9.47 Å². The molecule has 1 aromatic carbocycles. The van der Waals surface area contributed by atoms with E-state index in [0.717, 1.165) is 0 Å². The van der Waals surface area contributed by atoms with Crippen molar-refractivity contribution in [2.45, 2.75) is 0 Å². The lowest BCUT2D eigenvalue weighted by molar-refractivity contribution is 0.103. The Morgan fingerprint density at radius 2 is 1.74 bits per heavy atom. The number of hydrogen-bond acceptors (Lipinski definition) is 4. The van der Waals surface area contributed by atoms with Gasteiger partial charge in [0, 0.05) is 17.3 Å². The third kappa shape index (κ3) is 2.93. The van der Waals surface area contributed by atoms with Crippen LogP contribution in [0.4, 0.5) is 0 Å². The van der Waals surface area contributed by atoms with E-state index in [1.165, 1.54) is 13.3 Å². The predicted molar refractivity (Wildman–Crippen MR) is 74.9 cm³/mol. The van der Waals surface area contributed by atoms with Crippen molar-refractivity contribution in [3.63, 3.8) is 0 Å². The highest BCUT2D eigenvalue weighted by Gasteiger charge is 2.13. The topological polar surface area (TPSA) is 48.4 Å². The van der Waals surface area contributed by atoms with Crippen LogP contribution < -0.4 is 9.47 Å². The second kappa shape index (κ2) is 5.84. The fourth-order valence-electron chi connectivity index (χ4n) is 1.65. The molecule has 4 nitrogen and oxygen atoms in total. The summed E-state index contributed by atoms with van der Waals surface area (Å²) < 4.78 is 11.0. The van der Waals surface area contributed by atoms with Crippen molar-refractivity contribution in [3.05, 3.63) is 52.3 Å². The normalized spacial score (nSPS) is 10.1. The van der Waals surface area contributed by atoms with Crippen LogP contribution in [0.5, 0.6) is 11.5 Å². The quantitative estimate of drug-likeness (QED) is 0.641. The second-order valence-electron chi connectivity index (χ2n) is 3.77. The summed E-state index contributed by atoms with van der Waals surface area (Å²) in [5.74, 6) is 1.01. The summed E-state index contributed by atoms with van der Waals surface area (Å²) in [6.45, 7) is 0. The summed E-state index contributed by atoms with van der Waals surface area (Å²) in [5, 5.41) is 0. The van der Waals surface area contributed by atoms with Gasteiger partial charge in [-0.1, -0.05) is 0 Å². The molecule has 1 aromatic heterocycles. The molecule has 0 aliphatic rings. The van der Waals surface area contributed by atoms with Crippen LogP contribution in [0, 0.1) is 0 Å². The van der Waals surface area contributed by atoms with Crippen molar-refractivity contribution in [2.75, 3.05) is 14.2 Å². The van der Waals surface area contributed by atoms with E-state index in [1.54, 1.807) is 37.4 Å². The average Bonchev–Trinajstić information content (AvgIpc) is 2.46. The Bertz CT molecular complexity index is 596. The Balaban J connectivity index is 2.36. The number of aromatic nitrogens is 1. The Hall–Kier alpha value is -1.88. The molecular weight excluding hydrogens is 310 g/mol. The van der Waals surface area contributed by atoms with Gasteiger partial charge in [0.2, 0.25) is 0 Å². The van der Waals surface area contributed by atoms with Crippen LogP contribution in [0.25, 0.3) is 0 Å². The smallest absolute Gasteiger partial charge is 0.194 e. The van der Waals surface area contributed by atoms with Crippen molar-refractivity contribution in [1.29, 1.82) is 0 Å². The first-order valence-corrected chi connectivity index (χ1v) is 6.33. The van der Waals surface area contributed by atoms with Crippen LogP contribution in [0.3, 0.4) is 0 Å². The number of ether oxygens (including phenoxy) is 2. The van der Waals surface area contributed by atoms with Crippen LogP contribution in [0.15, 0.2) is 41.1 Å². The number of rotatable bonds is 4. The fourth-order valence-corrected chi connectivity index (χ4v) is 1.89. The molecule has 1 heterocycles. The zero-order valence-electron chi connectivity index (χ0n) is 10.5. The van der Waals surface area contributed by atoms with Gasteiger partial charge in [0.25, 0.3) is 0 Å². The molecule has 0 bridgehead atoms. The van der Waals surface area contributed by atoms with Gasteiger partial charge < -0.3 is 9.47 Å². The first-order valence-electron chi connectivity index (χ1n) is 5.54. The van der Waals surface area contributed by atoms with E-state index in [0.29, 0.717) is 27.2 Å². The third-order valence-electron chi connectivity index (χ3n) is 2.64. The molecule has 0 saturated heterocycles. The number of methoxy groups -OCH3 is 2. The Morgan fingerprint density at radius 1 is 1.05 bits per heavy atom. The lowest BCUT2D eigenvalue weighted by atomic mass is 10.0. The highest BCUT2D eigenvalue weighted by Crippen LogP contribution is 2.28. The molecule has 5 heteroatoms. The molecule has 0 saturated carbocycles. The average molecular weight is 322 g/mol. The molecule has 0 radical (unpaired) electrons. The number of carbonyl (C=O) groups excluding carboxylic acids is 1. The van der Waals surface area contributed by atoms with Gasteiger partial charge in [0.15, 0.2) is 17.3 Å². The largest absolute Gasteiger partial charge is 0.493 e. The van der Waals surface area contributed by atoms with Crippen LogP contribution >= 0.6 is 15.9 Å². The van der Waals surface area contributed by atoms with Gasteiger partial charge in [-0.15, -0.1) is 0 Å². The van der Waals surface area contributed by atoms with Gasteiger partial charge in [0.1, 0.15) is 4.60 Å². The SMILES string of the molecule is COc1ccc(C(=O)c2ccc(Br)nc2)cc1OC. The fraction of sp³-hybridized carbons (Fsp3) is 0.143. The summed E-state index contributed by atoms with van der Waals surface area (Å²) >= 11 is 3.23. The number of hydrogen-bond donors (Lipinski definition) is 0. The number of nitrogens with zero attached hydrogens (tertiary/aromatic N) is 1. The standard InChI is InChI=1S/C14H12BrNO3/c1-18-11-5-3-9(7-12(11)19-2)14(17)10-4-6-13(15)16-8-10/h3-8H,1-2H3. The number of ketones is 1. The number of benzene rings is 1. The first kappa shape index (κ1) is 13.5. The minimum atomic E-state index is -0.110. The van der Waals surface area contributed by atoms with Crippen LogP contribution in [0.1, 0.15) is 15.9 Å². The van der Waals surface area contributed by atoms with E-state index < -0.39 is 0 Å². The Labute approximate surface area is 119 Å². The molecule has 2 rings (SSSR count). The number of halogens is 1. The van der Waals surface area contributed by atoms with Gasteiger partial charge in [-0.2, -0.15) is 0 Å². The molecule has 0 atom stereocenters. The molecule has 98 valence electrons. The van der Waals surface area contributed by atoms with Crippen LogP contribution in [-0.2, 0) is 0 Å². The number of carbonyl (C=O) groups is 1. The van der Waals surface area contributed by atoms with Crippen molar-refractivity contribution in [1.82, 2.24) is 4.98 Å². The highest BCUT2D eigenvalue weighted by atomic mass is 79.9. The summed E-state index contributed by atoms with van der Waals surface area (Å²) in [4.78, 5) is 16.3. The summed E-state index contributed by atoms with van der Waals surface area (Å²) in [6.07, 6.45) is 1.53. The second-order valence-corrected chi connectivity index (χ2v) is 4.58.